The minimum Gasteiger partial charge on any atom is -0.494 e. The number of ether oxygens (including phenoxy) is 3. The second kappa shape index (κ2) is 19.2. The third-order valence-electron chi connectivity index (χ3n) is 8.50. The average molecular weight is 688 g/mol. The maximum atomic E-state index is 12.9. The van der Waals surface area contributed by atoms with Crippen LogP contribution < -0.4 is 14.4 Å². The first-order valence-electron chi connectivity index (χ1n) is 17.2. The number of carbonyl (C=O) groups is 1. The number of fused-ring (bicyclic) bond motifs is 1. The maximum absolute atomic E-state index is 12.9. The molecule has 0 radical (unpaired) electrons. The summed E-state index contributed by atoms with van der Waals surface area (Å²) in [4.78, 5) is 24.2. The number of piperazine rings is 1. The van der Waals surface area contributed by atoms with Gasteiger partial charge in [-0.1, -0.05) is 69.8 Å². The third kappa shape index (κ3) is 11.9. The van der Waals surface area contributed by atoms with Crippen LogP contribution in [-0.4, -0.2) is 80.1 Å². The summed E-state index contributed by atoms with van der Waals surface area (Å²) < 4.78 is 17.3. The molecular formula is C37H52Cl2N4O4. The number of benzene rings is 2. The predicted octanol–water partition coefficient (Wildman–Crippen LogP) is 9.17. The first kappa shape index (κ1) is 36.9. The van der Waals surface area contributed by atoms with Gasteiger partial charge in [0.1, 0.15) is 5.75 Å². The lowest BCUT2D eigenvalue weighted by Gasteiger charge is -2.36. The molecule has 1 amide bonds. The van der Waals surface area contributed by atoms with Gasteiger partial charge in [0.25, 0.3) is 0 Å². The highest BCUT2D eigenvalue weighted by Gasteiger charge is 2.20. The molecule has 10 heteroatoms. The number of nitrogens with zero attached hydrogens (tertiary/aromatic N) is 4. The van der Waals surface area contributed by atoms with E-state index in [9.17, 15) is 4.79 Å². The molecule has 1 saturated heterocycles. The van der Waals surface area contributed by atoms with Gasteiger partial charge < -0.3 is 24.0 Å². The van der Waals surface area contributed by atoms with E-state index in [2.05, 4.69) is 42.5 Å². The van der Waals surface area contributed by atoms with Crippen molar-refractivity contribution in [3.05, 3.63) is 58.6 Å². The number of anilines is 1. The summed E-state index contributed by atoms with van der Waals surface area (Å²) in [6, 6.07) is 15.5. The Morgan fingerprint density at radius 3 is 2.51 bits per heavy atom. The highest BCUT2D eigenvalue weighted by Crippen LogP contribution is 2.33. The molecule has 258 valence electrons. The van der Waals surface area contributed by atoms with E-state index in [1.165, 1.54) is 0 Å². The van der Waals surface area contributed by atoms with Crippen LogP contribution in [0, 0.1) is 11.8 Å². The topological polar surface area (TPSA) is 67.4 Å². The van der Waals surface area contributed by atoms with Gasteiger partial charge in [0, 0.05) is 56.8 Å². The average Bonchev–Trinajstić information content (AvgIpc) is 3.05. The lowest BCUT2D eigenvalue weighted by atomic mass is 9.98. The van der Waals surface area contributed by atoms with Crippen molar-refractivity contribution in [3.8, 4) is 11.6 Å². The molecule has 47 heavy (non-hydrogen) atoms. The lowest BCUT2D eigenvalue weighted by Crippen LogP contribution is -2.46. The highest BCUT2D eigenvalue weighted by molar-refractivity contribution is 6.43. The molecule has 2 aromatic carbocycles. The number of rotatable bonds is 18. The van der Waals surface area contributed by atoms with Crippen LogP contribution in [0.25, 0.3) is 10.9 Å². The summed E-state index contributed by atoms with van der Waals surface area (Å²) in [6.07, 6.45) is 5.93. The second-order valence-electron chi connectivity index (χ2n) is 13.0. The Labute approximate surface area is 291 Å². The van der Waals surface area contributed by atoms with E-state index in [4.69, 9.17) is 37.4 Å². The number of pyridine rings is 1. The van der Waals surface area contributed by atoms with Crippen molar-refractivity contribution in [1.29, 1.82) is 0 Å². The Morgan fingerprint density at radius 1 is 0.957 bits per heavy atom. The van der Waals surface area contributed by atoms with Crippen LogP contribution in [-0.2, 0) is 4.74 Å². The first-order chi connectivity index (χ1) is 22.7. The molecule has 3 aromatic rings. The number of aromatic nitrogens is 1. The minimum atomic E-state index is -0.335. The van der Waals surface area contributed by atoms with Crippen molar-refractivity contribution >= 4 is 45.9 Å². The van der Waals surface area contributed by atoms with Crippen LogP contribution in [0.15, 0.2) is 48.5 Å². The zero-order valence-corrected chi connectivity index (χ0v) is 30.1. The standard InChI is InChI=1S/C37H52Cl2N4O4/c1-5-6-7-18-43(26-29(4)24-28(2)3)37(44)47-27-46-35-16-14-30-13-15-31(25-33(30)40-35)45-23-9-8-17-41-19-21-42(22-20-41)34-12-10-11-32(38)36(34)39/h10-16,25,28-29H,5-9,17-24,26-27H2,1-4H3. The van der Waals surface area contributed by atoms with Gasteiger partial charge in [-0.05, 0) is 74.4 Å². The third-order valence-corrected chi connectivity index (χ3v) is 9.31. The second-order valence-corrected chi connectivity index (χ2v) is 13.8. The van der Waals surface area contributed by atoms with Gasteiger partial charge >= 0.3 is 6.09 Å². The van der Waals surface area contributed by atoms with Gasteiger partial charge in [-0.15, -0.1) is 0 Å². The Morgan fingerprint density at radius 2 is 1.74 bits per heavy atom. The van der Waals surface area contributed by atoms with Crippen LogP contribution in [0.1, 0.15) is 66.2 Å². The maximum Gasteiger partial charge on any atom is 0.412 e. The van der Waals surface area contributed by atoms with Crippen LogP contribution >= 0.6 is 23.2 Å². The molecule has 0 aliphatic carbocycles. The molecule has 1 aromatic heterocycles. The lowest BCUT2D eigenvalue weighted by molar-refractivity contribution is 0.0297. The van der Waals surface area contributed by atoms with Gasteiger partial charge in [-0.25, -0.2) is 9.78 Å². The zero-order chi connectivity index (χ0) is 33.6. The van der Waals surface area contributed by atoms with E-state index in [1.54, 1.807) is 6.07 Å². The number of unbranched alkanes of at least 4 members (excludes halogenated alkanes) is 3. The van der Waals surface area contributed by atoms with Gasteiger partial charge in [0.15, 0.2) is 0 Å². The molecule has 0 bridgehead atoms. The molecule has 1 aliphatic rings. The van der Waals surface area contributed by atoms with Crippen molar-refractivity contribution < 1.29 is 19.0 Å². The normalized spacial score (nSPS) is 14.4. The Balaban J connectivity index is 1.18. The molecule has 8 nitrogen and oxygen atoms in total. The van der Waals surface area contributed by atoms with Crippen LogP contribution in [0.4, 0.5) is 10.5 Å². The molecule has 0 spiro atoms. The molecule has 1 aliphatic heterocycles. The molecular weight excluding hydrogens is 635 g/mol. The van der Waals surface area contributed by atoms with Gasteiger partial charge in [0.2, 0.25) is 12.7 Å². The van der Waals surface area contributed by atoms with Gasteiger partial charge in [-0.2, -0.15) is 0 Å². The van der Waals surface area contributed by atoms with E-state index >= 15 is 0 Å². The first-order valence-corrected chi connectivity index (χ1v) is 18.0. The van der Waals surface area contributed by atoms with Crippen LogP contribution in [0.5, 0.6) is 11.6 Å². The number of halogens is 2. The van der Waals surface area contributed by atoms with E-state index in [0.717, 1.165) is 93.6 Å². The summed E-state index contributed by atoms with van der Waals surface area (Å²) in [5.74, 6) is 2.18. The molecule has 1 atom stereocenters. The Hall–Kier alpha value is -2.94. The molecule has 0 saturated carbocycles. The van der Waals surface area contributed by atoms with Crippen molar-refractivity contribution in [2.24, 2.45) is 11.8 Å². The number of carbonyl (C=O) groups excluding carboxylic acids is 1. The van der Waals surface area contributed by atoms with E-state index in [0.29, 0.717) is 47.5 Å². The molecule has 1 fully saturated rings. The Bertz CT molecular complexity index is 1400. The highest BCUT2D eigenvalue weighted by atomic mass is 35.5. The monoisotopic (exact) mass is 686 g/mol. The summed E-state index contributed by atoms with van der Waals surface area (Å²) in [7, 11) is 0. The van der Waals surface area contributed by atoms with Crippen LogP contribution in [0.2, 0.25) is 10.0 Å². The number of hydrogen-bond acceptors (Lipinski definition) is 7. The SMILES string of the molecule is CCCCCN(CC(C)CC(C)C)C(=O)OCOc1ccc2ccc(OCCCCN3CCN(c4cccc(Cl)c4Cl)CC3)cc2n1. The molecule has 0 N–H and O–H groups in total. The number of hydrogen-bond donors (Lipinski definition) is 0. The summed E-state index contributed by atoms with van der Waals surface area (Å²) in [5, 5.41) is 2.22. The zero-order valence-electron chi connectivity index (χ0n) is 28.6. The van der Waals surface area contributed by atoms with Crippen molar-refractivity contribution in [3.63, 3.8) is 0 Å². The molecule has 1 unspecified atom stereocenters. The number of amides is 1. The van der Waals surface area contributed by atoms with Gasteiger partial charge in [0.05, 0.1) is 27.9 Å². The largest absolute Gasteiger partial charge is 0.494 e. The Kier molecular flexibility index (Phi) is 15.0. The summed E-state index contributed by atoms with van der Waals surface area (Å²) >= 11 is 12.6. The molecule has 2 heterocycles. The van der Waals surface area contributed by atoms with Crippen molar-refractivity contribution in [2.75, 3.05) is 64.1 Å². The van der Waals surface area contributed by atoms with Crippen molar-refractivity contribution in [1.82, 2.24) is 14.8 Å². The van der Waals surface area contributed by atoms with E-state index < -0.39 is 0 Å². The van der Waals surface area contributed by atoms with Gasteiger partial charge in [-0.3, -0.25) is 4.90 Å². The fourth-order valence-corrected chi connectivity index (χ4v) is 6.54. The van der Waals surface area contributed by atoms with Crippen LogP contribution in [0.3, 0.4) is 0 Å². The fraction of sp³-hybridized carbons (Fsp3) is 0.568. The smallest absolute Gasteiger partial charge is 0.412 e. The quantitative estimate of drug-likeness (QED) is 0.0976. The summed E-state index contributed by atoms with van der Waals surface area (Å²) in [6.45, 7) is 15.5. The van der Waals surface area contributed by atoms with E-state index in [1.807, 2.05) is 47.4 Å². The van der Waals surface area contributed by atoms with E-state index in [-0.39, 0.29) is 12.9 Å². The predicted molar refractivity (Wildman–Crippen MR) is 193 cm³/mol. The summed E-state index contributed by atoms with van der Waals surface area (Å²) in [5.41, 5.74) is 1.79. The fourth-order valence-electron chi connectivity index (χ4n) is 6.12. The minimum absolute atomic E-state index is 0.181. The van der Waals surface area contributed by atoms with Crippen molar-refractivity contribution in [2.45, 2.75) is 66.2 Å². The molecule has 4 rings (SSSR count).